The minimum atomic E-state index is 0.0964. The van der Waals surface area contributed by atoms with Gasteiger partial charge in [0.2, 0.25) is 5.95 Å². The number of fused-ring (bicyclic) bond motifs is 2. The van der Waals surface area contributed by atoms with E-state index >= 15 is 0 Å². The molecule has 8 heteroatoms. The van der Waals surface area contributed by atoms with Crippen molar-refractivity contribution < 1.29 is 0 Å². The number of rotatable bonds is 2. The fourth-order valence-corrected chi connectivity index (χ4v) is 5.81. The number of halogens is 2. The van der Waals surface area contributed by atoms with E-state index in [2.05, 4.69) is 34.3 Å². The maximum atomic E-state index is 6.74. The van der Waals surface area contributed by atoms with Crippen LogP contribution in [0.4, 0.5) is 5.95 Å². The van der Waals surface area contributed by atoms with Crippen LogP contribution in [0.3, 0.4) is 0 Å². The van der Waals surface area contributed by atoms with Crippen molar-refractivity contribution in [3.05, 3.63) is 75.5 Å². The Kier molecular flexibility index (Phi) is 4.87. The van der Waals surface area contributed by atoms with E-state index in [-0.39, 0.29) is 11.5 Å². The molecule has 0 unspecified atom stereocenters. The van der Waals surface area contributed by atoms with Crippen molar-refractivity contribution in [1.29, 1.82) is 0 Å². The molecule has 0 amide bonds. The van der Waals surface area contributed by atoms with Gasteiger partial charge in [-0.25, -0.2) is 9.67 Å². The molecule has 33 heavy (non-hydrogen) atoms. The van der Waals surface area contributed by atoms with Crippen LogP contribution in [0.2, 0.25) is 10.0 Å². The Balaban J connectivity index is 1.28. The average molecular weight is 479 g/mol. The Labute approximate surface area is 202 Å². The largest absolute Gasteiger partial charge is 0.341 e. The van der Waals surface area contributed by atoms with Crippen LogP contribution in [0.5, 0.6) is 0 Å². The predicted octanol–water partition coefficient (Wildman–Crippen LogP) is 5.27. The highest BCUT2D eigenvalue weighted by Crippen LogP contribution is 2.50. The Morgan fingerprint density at radius 2 is 1.82 bits per heavy atom. The molecule has 2 N–H and O–H groups in total. The molecule has 1 spiro atoms. The van der Waals surface area contributed by atoms with Crippen molar-refractivity contribution >= 4 is 40.2 Å². The van der Waals surface area contributed by atoms with Crippen LogP contribution < -0.4 is 10.6 Å². The molecular weight excluding hydrogens is 455 g/mol. The van der Waals surface area contributed by atoms with Crippen molar-refractivity contribution in [3.8, 4) is 5.69 Å². The molecule has 6 rings (SSSR count). The third kappa shape index (κ3) is 3.31. The van der Waals surface area contributed by atoms with Gasteiger partial charge >= 0.3 is 0 Å². The van der Waals surface area contributed by atoms with Crippen LogP contribution in [0.25, 0.3) is 16.7 Å². The van der Waals surface area contributed by atoms with Gasteiger partial charge in [-0.15, -0.1) is 5.10 Å². The molecule has 3 heterocycles. The lowest BCUT2D eigenvalue weighted by atomic mass is 9.73. The molecule has 168 valence electrons. The van der Waals surface area contributed by atoms with Gasteiger partial charge in [0, 0.05) is 25.3 Å². The summed E-state index contributed by atoms with van der Waals surface area (Å²) in [5.74, 6) is 0.723. The standard InChI is InChI=1S/C25H24Cl2N6/c1-15-18-14-33(20-8-4-7-19(26)21(20)27)31-23(18)30-24(29-15)32-11-9-25(10-12-32)13-16-5-2-3-6-17(16)22(25)28/h2-8,14,22H,9-13,28H2,1H3/t22-/m1/s1. The normalized spacial score (nSPS) is 19.4. The zero-order valence-corrected chi connectivity index (χ0v) is 19.8. The van der Waals surface area contributed by atoms with Crippen LogP contribution in [-0.4, -0.2) is 32.8 Å². The summed E-state index contributed by atoms with van der Waals surface area (Å²) in [5, 5.41) is 6.54. The molecule has 2 aromatic carbocycles. The van der Waals surface area contributed by atoms with Gasteiger partial charge in [0.25, 0.3) is 0 Å². The molecule has 1 aliphatic heterocycles. The van der Waals surface area contributed by atoms with E-state index < -0.39 is 0 Å². The zero-order valence-electron chi connectivity index (χ0n) is 18.3. The van der Waals surface area contributed by atoms with Gasteiger partial charge in [0.15, 0.2) is 5.65 Å². The second-order valence-corrected chi connectivity index (χ2v) is 9.98. The third-order valence-corrected chi connectivity index (χ3v) is 8.18. The number of aromatic nitrogens is 4. The van der Waals surface area contributed by atoms with Crippen molar-refractivity contribution in [1.82, 2.24) is 19.7 Å². The van der Waals surface area contributed by atoms with E-state index in [9.17, 15) is 0 Å². The van der Waals surface area contributed by atoms with Gasteiger partial charge in [-0.2, -0.15) is 4.98 Å². The Hall–Kier alpha value is -2.67. The number of nitrogens with two attached hydrogens (primary N) is 1. The summed E-state index contributed by atoms with van der Waals surface area (Å²) in [6.07, 6.45) is 5.01. The van der Waals surface area contributed by atoms with E-state index in [1.165, 1.54) is 11.1 Å². The van der Waals surface area contributed by atoms with Gasteiger partial charge in [-0.05, 0) is 54.9 Å². The summed E-state index contributed by atoms with van der Waals surface area (Å²) in [6.45, 7) is 3.76. The van der Waals surface area contributed by atoms with Gasteiger partial charge < -0.3 is 10.6 Å². The molecule has 6 nitrogen and oxygen atoms in total. The highest BCUT2D eigenvalue weighted by molar-refractivity contribution is 6.43. The van der Waals surface area contributed by atoms with E-state index in [4.69, 9.17) is 38.9 Å². The van der Waals surface area contributed by atoms with E-state index in [0.717, 1.165) is 55.1 Å². The molecule has 1 atom stereocenters. The van der Waals surface area contributed by atoms with Crippen molar-refractivity contribution in [2.24, 2.45) is 11.1 Å². The monoisotopic (exact) mass is 478 g/mol. The summed E-state index contributed by atoms with van der Waals surface area (Å²) in [6, 6.07) is 14.2. The lowest BCUT2D eigenvalue weighted by molar-refractivity contribution is 0.187. The van der Waals surface area contributed by atoms with Crippen molar-refractivity contribution in [3.63, 3.8) is 0 Å². The van der Waals surface area contributed by atoms with Crippen LogP contribution in [-0.2, 0) is 6.42 Å². The minimum Gasteiger partial charge on any atom is -0.341 e. The summed E-state index contributed by atoms with van der Waals surface area (Å²) < 4.78 is 1.73. The lowest BCUT2D eigenvalue weighted by Crippen LogP contribution is -2.45. The fraction of sp³-hybridized carbons (Fsp3) is 0.320. The molecule has 1 saturated heterocycles. The quantitative estimate of drug-likeness (QED) is 0.424. The molecule has 0 radical (unpaired) electrons. The number of benzene rings is 2. The van der Waals surface area contributed by atoms with E-state index in [1.807, 2.05) is 25.3 Å². The molecule has 1 fully saturated rings. The Morgan fingerprint density at radius 1 is 1.03 bits per heavy atom. The highest BCUT2D eigenvalue weighted by Gasteiger charge is 2.46. The first-order valence-electron chi connectivity index (χ1n) is 11.2. The minimum absolute atomic E-state index is 0.0964. The number of piperidine rings is 1. The number of nitrogens with zero attached hydrogens (tertiary/aromatic N) is 5. The van der Waals surface area contributed by atoms with Crippen molar-refractivity contribution in [2.75, 3.05) is 18.0 Å². The molecule has 1 aliphatic carbocycles. The number of hydrogen-bond donors (Lipinski definition) is 1. The molecule has 2 aromatic heterocycles. The summed E-state index contributed by atoms with van der Waals surface area (Å²) in [4.78, 5) is 11.9. The van der Waals surface area contributed by atoms with E-state index in [1.54, 1.807) is 10.7 Å². The first-order chi connectivity index (χ1) is 15.9. The zero-order chi connectivity index (χ0) is 22.7. The first kappa shape index (κ1) is 20.9. The first-order valence-corrected chi connectivity index (χ1v) is 12.0. The summed E-state index contributed by atoms with van der Waals surface area (Å²) in [7, 11) is 0. The summed E-state index contributed by atoms with van der Waals surface area (Å²) >= 11 is 12.6. The molecule has 0 saturated carbocycles. The highest BCUT2D eigenvalue weighted by atomic mass is 35.5. The van der Waals surface area contributed by atoms with Gasteiger partial charge in [0.1, 0.15) is 0 Å². The third-order valence-electron chi connectivity index (χ3n) is 7.37. The van der Waals surface area contributed by atoms with Crippen LogP contribution >= 0.6 is 23.2 Å². The summed E-state index contributed by atoms with van der Waals surface area (Å²) in [5.41, 5.74) is 11.8. The SMILES string of the molecule is Cc1nc(N2CCC3(CC2)Cc2ccccc2[C@H]3N)nc2nn(-c3cccc(Cl)c3Cl)cc12. The predicted molar refractivity (Wildman–Crippen MR) is 132 cm³/mol. The molecular formula is C25H24Cl2N6. The number of hydrogen-bond acceptors (Lipinski definition) is 5. The van der Waals surface area contributed by atoms with Gasteiger partial charge in [-0.1, -0.05) is 53.5 Å². The maximum absolute atomic E-state index is 6.74. The topological polar surface area (TPSA) is 72.9 Å². The van der Waals surface area contributed by atoms with Crippen LogP contribution in [0.15, 0.2) is 48.7 Å². The maximum Gasteiger partial charge on any atom is 0.227 e. The second-order valence-electron chi connectivity index (χ2n) is 9.20. The molecule has 2 aliphatic rings. The van der Waals surface area contributed by atoms with Crippen molar-refractivity contribution in [2.45, 2.75) is 32.2 Å². The smallest absolute Gasteiger partial charge is 0.227 e. The molecule has 4 aromatic rings. The number of anilines is 1. The van der Waals surface area contributed by atoms with Gasteiger partial charge in [0.05, 0.1) is 26.8 Å². The van der Waals surface area contributed by atoms with Gasteiger partial charge in [-0.3, -0.25) is 0 Å². The average Bonchev–Trinajstić information content (AvgIpc) is 3.36. The lowest BCUT2D eigenvalue weighted by Gasteiger charge is -2.42. The fourth-order valence-electron chi connectivity index (χ4n) is 5.42. The Morgan fingerprint density at radius 3 is 2.61 bits per heavy atom. The number of aryl methyl sites for hydroxylation is 1. The second kappa shape index (κ2) is 7.69. The van der Waals surface area contributed by atoms with Crippen LogP contribution in [0.1, 0.15) is 35.7 Å². The molecule has 0 bridgehead atoms. The van der Waals surface area contributed by atoms with Crippen LogP contribution in [0, 0.1) is 12.3 Å². The van der Waals surface area contributed by atoms with E-state index in [0.29, 0.717) is 15.7 Å². The Bertz CT molecular complexity index is 1370.